The average Bonchev–Trinajstić information content (AvgIpc) is 2.99. The van der Waals surface area contributed by atoms with Gasteiger partial charge in [0, 0.05) is 24.5 Å². The molecular weight excluding hydrogens is 338 g/mol. The van der Waals surface area contributed by atoms with Gasteiger partial charge in [0.25, 0.3) is 0 Å². The first-order valence-corrected chi connectivity index (χ1v) is 9.39. The van der Waals surface area contributed by atoms with Crippen LogP contribution < -0.4 is 10.2 Å². The second kappa shape index (κ2) is 7.82. The van der Waals surface area contributed by atoms with Crippen molar-refractivity contribution in [3.05, 3.63) is 59.2 Å². The Morgan fingerprint density at radius 3 is 2.44 bits per heavy atom. The van der Waals surface area contributed by atoms with Crippen molar-refractivity contribution in [1.82, 2.24) is 4.90 Å². The Bertz CT molecular complexity index is 843. The molecule has 0 saturated carbocycles. The summed E-state index contributed by atoms with van der Waals surface area (Å²) in [4.78, 5) is 28.4. The van der Waals surface area contributed by atoms with E-state index in [4.69, 9.17) is 0 Å². The molecule has 0 aliphatic carbocycles. The molecule has 5 heteroatoms. The third kappa shape index (κ3) is 4.13. The van der Waals surface area contributed by atoms with Crippen LogP contribution in [0.4, 0.5) is 16.2 Å². The van der Waals surface area contributed by atoms with Crippen LogP contribution in [0.5, 0.6) is 0 Å². The lowest BCUT2D eigenvalue weighted by atomic mass is 10.0. The van der Waals surface area contributed by atoms with Gasteiger partial charge in [-0.3, -0.25) is 9.69 Å². The molecule has 142 valence electrons. The summed E-state index contributed by atoms with van der Waals surface area (Å²) >= 11 is 0. The molecule has 1 saturated heterocycles. The van der Waals surface area contributed by atoms with Gasteiger partial charge in [-0.25, -0.2) is 4.79 Å². The normalized spacial score (nSPS) is 14.2. The molecule has 1 heterocycles. The summed E-state index contributed by atoms with van der Waals surface area (Å²) in [5, 5.41) is 2.92. The Kier molecular flexibility index (Phi) is 5.49. The third-order valence-corrected chi connectivity index (χ3v) is 5.18. The predicted octanol–water partition coefficient (Wildman–Crippen LogP) is 4.31. The number of amides is 3. The first-order chi connectivity index (χ1) is 12.9. The van der Waals surface area contributed by atoms with E-state index in [1.165, 1.54) is 5.56 Å². The first kappa shape index (κ1) is 19.0. The average molecular weight is 365 g/mol. The fourth-order valence-electron chi connectivity index (χ4n) is 3.26. The van der Waals surface area contributed by atoms with Crippen LogP contribution in [0.2, 0.25) is 0 Å². The van der Waals surface area contributed by atoms with E-state index in [1.54, 1.807) is 9.80 Å². The van der Waals surface area contributed by atoms with E-state index in [0.717, 1.165) is 22.5 Å². The summed E-state index contributed by atoms with van der Waals surface area (Å²) in [6.07, 6.45) is 0. The number of carbonyl (C=O) groups excluding carboxylic acids is 2. The molecule has 0 bridgehead atoms. The summed E-state index contributed by atoms with van der Waals surface area (Å²) in [5.41, 5.74) is 5.09. The number of nitrogens with one attached hydrogen (secondary N) is 1. The highest BCUT2D eigenvalue weighted by Crippen LogP contribution is 2.24. The lowest BCUT2D eigenvalue weighted by Gasteiger charge is -2.19. The van der Waals surface area contributed by atoms with Crippen molar-refractivity contribution in [2.24, 2.45) is 0 Å². The van der Waals surface area contributed by atoms with Crippen LogP contribution in [0.3, 0.4) is 0 Å². The third-order valence-electron chi connectivity index (χ3n) is 5.18. The molecule has 0 radical (unpaired) electrons. The number of hydrogen-bond acceptors (Lipinski definition) is 2. The van der Waals surface area contributed by atoms with Gasteiger partial charge in [-0.2, -0.15) is 0 Å². The molecule has 1 aliphatic rings. The number of nitrogens with zero attached hydrogens (tertiary/aromatic N) is 2. The maximum absolute atomic E-state index is 12.7. The van der Waals surface area contributed by atoms with Gasteiger partial charge in [-0.05, 0) is 54.7 Å². The van der Waals surface area contributed by atoms with Gasteiger partial charge in [0.15, 0.2) is 0 Å². The summed E-state index contributed by atoms with van der Waals surface area (Å²) in [6.45, 7) is 9.49. The maximum Gasteiger partial charge on any atom is 0.325 e. The topological polar surface area (TPSA) is 52.7 Å². The van der Waals surface area contributed by atoms with E-state index in [-0.39, 0.29) is 18.5 Å². The predicted molar refractivity (Wildman–Crippen MR) is 109 cm³/mol. The van der Waals surface area contributed by atoms with Gasteiger partial charge in [-0.1, -0.05) is 38.1 Å². The van der Waals surface area contributed by atoms with Gasteiger partial charge in [0.05, 0.1) is 0 Å². The van der Waals surface area contributed by atoms with Gasteiger partial charge in [0.2, 0.25) is 5.91 Å². The molecule has 0 unspecified atom stereocenters. The number of benzene rings is 2. The molecule has 3 rings (SSSR count). The zero-order valence-electron chi connectivity index (χ0n) is 16.5. The zero-order chi connectivity index (χ0) is 19.6. The fraction of sp³-hybridized carbons (Fsp3) is 0.364. The Balaban J connectivity index is 1.63. The molecule has 2 aromatic rings. The number of urea groups is 1. The number of carbonyl (C=O) groups is 2. The zero-order valence-corrected chi connectivity index (χ0v) is 16.5. The Morgan fingerprint density at radius 1 is 1.07 bits per heavy atom. The van der Waals surface area contributed by atoms with Crippen LogP contribution in [0.25, 0.3) is 0 Å². The van der Waals surface area contributed by atoms with Gasteiger partial charge in [0.1, 0.15) is 6.54 Å². The monoisotopic (exact) mass is 365 g/mol. The van der Waals surface area contributed by atoms with Crippen LogP contribution in [0, 0.1) is 13.8 Å². The van der Waals surface area contributed by atoms with Crippen molar-refractivity contribution >= 4 is 23.3 Å². The van der Waals surface area contributed by atoms with Crippen molar-refractivity contribution < 1.29 is 9.59 Å². The quantitative estimate of drug-likeness (QED) is 0.858. The molecule has 3 amide bonds. The molecule has 0 spiro atoms. The van der Waals surface area contributed by atoms with Crippen LogP contribution in [0.1, 0.15) is 36.5 Å². The van der Waals surface area contributed by atoms with Crippen molar-refractivity contribution in [2.75, 3.05) is 29.9 Å². The van der Waals surface area contributed by atoms with Crippen molar-refractivity contribution in [1.29, 1.82) is 0 Å². The second-order valence-electron chi connectivity index (χ2n) is 7.40. The Morgan fingerprint density at radius 2 is 1.78 bits per heavy atom. The Hall–Kier alpha value is -2.82. The van der Waals surface area contributed by atoms with Crippen LogP contribution >= 0.6 is 0 Å². The molecule has 2 aromatic carbocycles. The van der Waals surface area contributed by atoms with E-state index in [9.17, 15) is 9.59 Å². The maximum atomic E-state index is 12.7. The smallest absolute Gasteiger partial charge is 0.324 e. The summed E-state index contributed by atoms with van der Waals surface area (Å²) in [5.74, 6) is 0.285. The Labute approximate surface area is 161 Å². The van der Waals surface area contributed by atoms with Gasteiger partial charge >= 0.3 is 6.03 Å². The molecular formula is C22H27N3O2. The molecule has 1 N–H and O–H groups in total. The number of aryl methyl sites for hydroxylation is 1. The van der Waals surface area contributed by atoms with Crippen molar-refractivity contribution in [3.8, 4) is 0 Å². The summed E-state index contributed by atoms with van der Waals surface area (Å²) in [7, 11) is 0. The number of hydrogen-bond donors (Lipinski definition) is 1. The van der Waals surface area contributed by atoms with E-state index in [1.807, 2.05) is 44.2 Å². The van der Waals surface area contributed by atoms with Crippen molar-refractivity contribution in [2.45, 2.75) is 33.6 Å². The van der Waals surface area contributed by atoms with E-state index in [2.05, 4.69) is 31.3 Å². The SMILES string of the molecule is Cc1cccc(NC(=O)CN2CCN(c3ccc(C(C)C)cc3)C2=O)c1C. The molecule has 0 atom stereocenters. The summed E-state index contributed by atoms with van der Waals surface area (Å²) < 4.78 is 0. The lowest BCUT2D eigenvalue weighted by Crippen LogP contribution is -2.37. The largest absolute Gasteiger partial charge is 0.325 e. The fourth-order valence-corrected chi connectivity index (χ4v) is 3.26. The van der Waals surface area contributed by atoms with Crippen LogP contribution in [-0.2, 0) is 4.79 Å². The minimum atomic E-state index is -0.172. The minimum Gasteiger partial charge on any atom is -0.324 e. The summed E-state index contributed by atoms with van der Waals surface area (Å²) in [6, 6.07) is 13.8. The highest BCUT2D eigenvalue weighted by molar-refractivity contribution is 5.99. The van der Waals surface area contributed by atoms with Crippen LogP contribution in [-0.4, -0.2) is 36.5 Å². The van der Waals surface area contributed by atoms with E-state index >= 15 is 0 Å². The van der Waals surface area contributed by atoms with Crippen molar-refractivity contribution in [3.63, 3.8) is 0 Å². The minimum absolute atomic E-state index is 0.0623. The number of rotatable bonds is 5. The lowest BCUT2D eigenvalue weighted by molar-refractivity contribution is -0.116. The highest BCUT2D eigenvalue weighted by Gasteiger charge is 2.30. The van der Waals surface area contributed by atoms with Gasteiger partial charge in [-0.15, -0.1) is 0 Å². The first-order valence-electron chi connectivity index (χ1n) is 9.39. The van der Waals surface area contributed by atoms with Gasteiger partial charge < -0.3 is 10.2 Å². The van der Waals surface area contributed by atoms with E-state index in [0.29, 0.717) is 19.0 Å². The molecule has 27 heavy (non-hydrogen) atoms. The highest BCUT2D eigenvalue weighted by atomic mass is 16.2. The molecule has 5 nitrogen and oxygen atoms in total. The van der Waals surface area contributed by atoms with Crippen LogP contribution in [0.15, 0.2) is 42.5 Å². The van der Waals surface area contributed by atoms with E-state index < -0.39 is 0 Å². The molecule has 1 fully saturated rings. The number of anilines is 2. The second-order valence-corrected chi connectivity index (χ2v) is 7.40. The molecule has 1 aliphatic heterocycles. The standard InChI is InChI=1S/C22H27N3O2/c1-15(2)18-8-10-19(11-9-18)25-13-12-24(22(25)27)14-21(26)23-20-7-5-6-16(3)17(20)4/h5-11,15H,12-14H2,1-4H3,(H,23,26). The molecule has 0 aromatic heterocycles.